The van der Waals surface area contributed by atoms with Crippen LogP contribution in [0.5, 0.6) is 0 Å². The summed E-state index contributed by atoms with van der Waals surface area (Å²) in [4.78, 5) is 23.0. The monoisotopic (exact) mass is 349 g/mol. The van der Waals surface area contributed by atoms with Crippen molar-refractivity contribution in [1.29, 1.82) is 0 Å². The third kappa shape index (κ3) is 5.74. The number of hydrogen-bond acceptors (Lipinski definition) is 3. The molecule has 23 heavy (non-hydrogen) atoms. The van der Waals surface area contributed by atoms with Crippen LogP contribution in [0, 0.1) is 5.92 Å². The van der Waals surface area contributed by atoms with Crippen molar-refractivity contribution in [2.45, 2.75) is 31.5 Å². The highest BCUT2D eigenvalue weighted by Crippen LogP contribution is 2.30. The van der Waals surface area contributed by atoms with Gasteiger partial charge in [0.15, 0.2) is 0 Å². The van der Waals surface area contributed by atoms with E-state index in [1.165, 1.54) is 24.3 Å². The van der Waals surface area contributed by atoms with Crippen LogP contribution >= 0.6 is 11.6 Å². The number of ether oxygens (including phenoxy) is 1. The molecule has 1 saturated heterocycles. The van der Waals surface area contributed by atoms with Gasteiger partial charge in [-0.1, -0.05) is 23.7 Å². The van der Waals surface area contributed by atoms with E-state index in [0.717, 1.165) is 0 Å². The standard InChI is InChI=1S/C15H15ClF3NO3/c16-11-3-1-10(2-4-11)12(7-15(17,18)19)20-13(21)5-9-6-14(22)23-8-9/h1-4,9,12H,5-8H2,(H,20,21)/t9-,12+/m0/s1. The average molecular weight is 350 g/mol. The fraction of sp³-hybridized carbons (Fsp3) is 0.467. The molecular weight excluding hydrogens is 335 g/mol. The number of halogens is 4. The summed E-state index contributed by atoms with van der Waals surface area (Å²) in [5.74, 6) is -1.23. The second-order valence-electron chi connectivity index (χ2n) is 5.45. The Hall–Kier alpha value is -1.76. The summed E-state index contributed by atoms with van der Waals surface area (Å²) in [5, 5.41) is 2.78. The molecule has 8 heteroatoms. The van der Waals surface area contributed by atoms with E-state index in [0.29, 0.717) is 10.6 Å². The minimum absolute atomic E-state index is 0.0479. The van der Waals surface area contributed by atoms with Crippen molar-refractivity contribution in [2.24, 2.45) is 5.92 Å². The van der Waals surface area contributed by atoms with Crippen LogP contribution in [0.2, 0.25) is 5.02 Å². The van der Waals surface area contributed by atoms with Gasteiger partial charge in [-0.25, -0.2) is 0 Å². The largest absolute Gasteiger partial charge is 0.465 e. The maximum absolute atomic E-state index is 12.7. The Morgan fingerprint density at radius 1 is 1.35 bits per heavy atom. The first-order valence-electron chi connectivity index (χ1n) is 7.00. The first-order chi connectivity index (χ1) is 10.7. The van der Waals surface area contributed by atoms with Crippen molar-refractivity contribution in [3.63, 3.8) is 0 Å². The van der Waals surface area contributed by atoms with Gasteiger partial charge in [0.05, 0.1) is 25.5 Å². The summed E-state index contributed by atoms with van der Waals surface area (Å²) in [6, 6.07) is 4.63. The number of benzene rings is 1. The van der Waals surface area contributed by atoms with Crippen LogP contribution in [0.1, 0.15) is 30.9 Å². The number of carbonyl (C=O) groups is 2. The van der Waals surface area contributed by atoms with Crippen molar-refractivity contribution >= 4 is 23.5 Å². The molecule has 1 aliphatic heterocycles. The summed E-state index contributed by atoms with van der Waals surface area (Å²) >= 11 is 5.73. The molecule has 1 N–H and O–H groups in total. The maximum atomic E-state index is 12.7. The molecule has 0 saturated carbocycles. The third-order valence-corrected chi connectivity index (χ3v) is 3.70. The first kappa shape index (κ1) is 17.6. The lowest BCUT2D eigenvalue weighted by molar-refractivity contribution is -0.143. The van der Waals surface area contributed by atoms with Gasteiger partial charge in [-0.2, -0.15) is 13.2 Å². The SMILES string of the molecule is O=C(C[C@@H]1COC(=O)C1)N[C@H](CC(F)(F)F)c1ccc(Cl)cc1. The summed E-state index contributed by atoms with van der Waals surface area (Å²) in [5.41, 5.74) is 0.318. The Kier molecular flexibility index (Phi) is 5.51. The van der Waals surface area contributed by atoms with Gasteiger partial charge >= 0.3 is 12.1 Å². The lowest BCUT2D eigenvalue weighted by atomic mass is 10.0. The maximum Gasteiger partial charge on any atom is 0.391 e. The zero-order chi connectivity index (χ0) is 17.0. The molecule has 1 amide bonds. The smallest absolute Gasteiger partial charge is 0.391 e. The molecule has 4 nitrogen and oxygen atoms in total. The highest BCUT2D eigenvalue weighted by molar-refractivity contribution is 6.30. The number of rotatable bonds is 5. The molecule has 1 aromatic carbocycles. The van der Waals surface area contributed by atoms with Crippen molar-refractivity contribution < 1.29 is 27.5 Å². The van der Waals surface area contributed by atoms with Gasteiger partial charge in [-0.05, 0) is 17.7 Å². The second-order valence-corrected chi connectivity index (χ2v) is 5.88. The molecule has 1 heterocycles. The average Bonchev–Trinajstić information content (AvgIpc) is 2.82. The van der Waals surface area contributed by atoms with E-state index in [-0.39, 0.29) is 25.4 Å². The first-order valence-corrected chi connectivity index (χ1v) is 7.38. The van der Waals surface area contributed by atoms with Crippen molar-refractivity contribution in [3.8, 4) is 0 Å². The molecule has 1 aliphatic rings. The molecule has 1 fully saturated rings. The molecule has 0 bridgehead atoms. The van der Waals surface area contributed by atoms with E-state index in [4.69, 9.17) is 16.3 Å². The van der Waals surface area contributed by atoms with Crippen molar-refractivity contribution in [2.75, 3.05) is 6.61 Å². The Labute approximate surface area is 135 Å². The van der Waals surface area contributed by atoms with Gasteiger partial charge in [0.2, 0.25) is 5.91 Å². The Bertz CT molecular complexity index is 574. The predicted molar refractivity (Wildman–Crippen MR) is 76.7 cm³/mol. The number of amides is 1. The zero-order valence-corrected chi connectivity index (χ0v) is 12.8. The van der Waals surface area contributed by atoms with Crippen LogP contribution in [0.25, 0.3) is 0 Å². The number of carbonyl (C=O) groups excluding carboxylic acids is 2. The molecule has 0 aliphatic carbocycles. The molecule has 1 aromatic rings. The quantitative estimate of drug-likeness (QED) is 0.829. The molecule has 2 atom stereocenters. The van der Waals surface area contributed by atoms with Crippen molar-refractivity contribution in [1.82, 2.24) is 5.32 Å². The van der Waals surface area contributed by atoms with Gasteiger partial charge < -0.3 is 10.1 Å². The predicted octanol–water partition coefficient (Wildman–Crippen LogP) is 3.40. The van der Waals surface area contributed by atoms with Crippen LogP contribution in [0.4, 0.5) is 13.2 Å². The van der Waals surface area contributed by atoms with Gasteiger partial charge in [0, 0.05) is 17.4 Å². The third-order valence-electron chi connectivity index (χ3n) is 3.45. The fourth-order valence-electron chi connectivity index (χ4n) is 2.39. The molecule has 0 radical (unpaired) electrons. The summed E-state index contributed by atoms with van der Waals surface area (Å²) in [7, 11) is 0. The Morgan fingerprint density at radius 3 is 2.52 bits per heavy atom. The van der Waals surface area contributed by atoms with E-state index in [2.05, 4.69) is 5.32 Å². The van der Waals surface area contributed by atoms with Crippen LogP contribution in [0.15, 0.2) is 24.3 Å². The van der Waals surface area contributed by atoms with Gasteiger partial charge in [-0.3, -0.25) is 9.59 Å². The van der Waals surface area contributed by atoms with Crippen LogP contribution < -0.4 is 5.32 Å². The van der Waals surface area contributed by atoms with E-state index >= 15 is 0 Å². The molecule has 126 valence electrons. The molecule has 0 spiro atoms. The molecule has 2 rings (SSSR count). The fourth-order valence-corrected chi connectivity index (χ4v) is 2.52. The highest BCUT2D eigenvalue weighted by Gasteiger charge is 2.34. The van der Waals surface area contributed by atoms with E-state index in [9.17, 15) is 22.8 Å². The van der Waals surface area contributed by atoms with Gasteiger partial charge in [0.1, 0.15) is 0 Å². The van der Waals surface area contributed by atoms with Gasteiger partial charge in [-0.15, -0.1) is 0 Å². The molecule has 0 aromatic heterocycles. The second kappa shape index (κ2) is 7.21. The molecule has 0 unspecified atom stereocenters. The van der Waals surface area contributed by atoms with Crippen LogP contribution in [-0.2, 0) is 14.3 Å². The van der Waals surface area contributed by atoms with Gasteiger partial charge in [0.25, 0.3) is 0 Å². The van der Waals surface area contributed by atoms with E-state index < -0.39 is 30.5 Å². The topological polar surface area (TPSA) is 55.4 Å². The number of hydrogen-bond donors (Lipinski definition) is 1. The summed E-state index contributed by atoms with van der Waals surface area (Å²) < 4.78 is 42.9. The van der Waals surface area contributed by atoms with E-state index in [1.54, 1.807) is 0 Å². The van der Waals surface area contributed by atoms with Crippen LogP contribution in [0.3, 0.4) is 0 Å². The minimum Gasteiger partial charge on any atom is -0.465 e. The number of cyclic esters (lactones) is 1. The summed E-state index contributed by atoms with van der Waals surface area (Å²) in [6.07, 6.45) is -5.55. The number of esters is 1. The normalized spacial score (nSPS) is 19.3. The van der Waals surface area contributed by atoms with Crippen LogP contribution in [-0.4, -0.2) is 24.7 Å². The van der Waals surface area contributed by atoms with E-state index in [1.807, 2.05) is 0 Å². The summed E-state index contributed by atoms with van der Waals surface area (Å²) in [6.45, 7) is 0.122. The number of nitrogens with one attached hydrogen (secondary N) is 1. The Morgan fingerprint density at radius 2 is 2.00 bits per heavy atom. The lowest BCUT2D eigenvalue weighted by Gasteiger charge is -2.21. The lowest BCUT2D eigenvalue weighted by Crippen LogP contribution is -2.33. The minimum atomic E-state index is -4.43. The Balaban J connectivity index is 2.03. The zero-order valence-electron chi connectivity index (χ0n) is 12.0. The van der Waals surface area contributed by atoms with Crippen molar-refractivity contribution in [3.05, 3.63) is 34.9 Å². The molecular formula is C15H15ClF3NO3. The number of alkyl halides is 3. The highest BCUT2D eigenvalue weighted by atomic mass is 35.5.